The Hall–Kier alpha value is -2.62. The summed E-state index contributed by atoms with van der Waals surface area (Å²) in [7, 11) is 1.37. The molecule has 0 saturated heterocycles. The minimum atomic E-state index is -0.435. The summed E-state index contributed by atoms with van der Waals surface area (Å²) >= 11 is 0. The lowest BCUT2D eigenvalue weighted by molar-refractivity contribution is -0.146. The molecule has 23 heavy (non-hydrogen) atoms. The fourth-order valence-electron chi connectivity index (χ4n) is 2.46. The highest BCUT2D eigenvalue weighted by atomic mass is 16.5. The monoisotopic (exact) mass is 311 g/mol. The molecule has 0 fully saturated rings. The number of ether oxygens (including phenoxy) is 1. The van der Waals surface area contributed by atoms with Gasteiger partial charge in [-0.1, -0.05) is 48.5 Å². The number of benzene rings is 2. The lowest BCUT2D eigenvalue weighted by Gasteiger charge is -2.23. The maximum Gasteiger partial charge on any atom is 0.311 e. The third kappa shape index (κ3) is 4.68. The summed E-state index contributed by atoms with van der Waals surface area (Å²) in [5, 5.41) is 2.89. The Kier molecular flexibility index (Phi) is 5.92. The molecular formula is C19H21NO3. The number of methoxy groups -OCH3 is 1. The van der Waals surface area contributed by atoms with E-state index in [-0.39, 0.29) is 17.9 Å². The Morgan fingerprint density at radius 2 is 1.57 bits per heavy atom. The lowest BCUT2D eigenvalue weighted by Crippen LogP contribution is -2.42. The van der Waals surface area contributed by atoms with Crippen molar-refractivity contribution in [2.75, 3.05) is 7.11 Å². The molecule has 0 saturated carbocycles. The number of esters is 1. The summed E-state index contributed by atoms with van der Waals surface area (Å²) in [6.07, 6.45) is 0.518. The van der Waals surface area contributed by atoms with Crippen LogP contribution in [0.3, 0.4) is 0 Å². The van der Waals surface area contributed by atoms with Gasteiger partial charge in [0, 0.05) is 11.6 Å². The van der Waals surface area contributed by atoms with E-state index in [4.69, 9.17) is 4.74 Å². The maximum absolute atomic E-state index is 12.3. The van der Waals surface area contributed by atoms with E-state index in [0.29, 0.717) is 12.0 Å². The van der Waals surface area contributed by atoms with Crippen molar-refractivity contribution < 1.29 is 14.3 Å². The molecule has 0 bridgehead atoms. The average molecular weight is 311 g/mol. The maximum atomic E-state index is 12.3. The first-order valence-electron chi connectivity index (χ1n) is 7.59. The summed E-state index contributed by atoms with van der Waals surface area (Å²) in [6, 6.07) is 18.3. The molecule has 2 unspecified atom stereocenters. The van der Waals surface area contributed by atoms with Crippen LogP contribution in [0.2, 0.25) is 0 Å². The summed E-state index contributed by atoms with van der Waals surface area (Å²) in [4.78, 5) is 24.4. The minimum Gasteiger partial charge on any atom is -0.469 e. The Bertz CT molecular complexity index is 640. The van der Waals surface area contributed by atoms with Crippen LogP contribution in [0.15, 0.2) is 60.7 Å². The van der Waals surface area contributed by atoms with Gasteiger partial charge in [0.15, 0.2) is 0 Å². The fourth-order valence-corrected chi connectivity index (χ4v) is 2.46. The molecule has 0 aromatic heterocycles. The molecule has 4 heteroatoms. The zero-order chi connectivity index (χ0) is 16.7. The lowest BCUT2D eigenvalue weighted by atomic mass is 9.93. The van der Waals surface area contributed by atoms with Crippen molar-refractivity contribution in [3.63, 3.8) is 0 Å². The SMILES string of the molecule is COC(=O)C(Cc1ccccc1)C(C)NC(=O)c1ccccc1. The Balaban J connectivity index is 2.09. The quantitative estimate of drug-likeness (QED) is 0.835. The second-order valence-electron chi connectivity index (χ2n) is 5.45. The molecule has 1 amide bonds. The molecule has 2 aromatic rings. The van der Waals surface area contributed by atoms with Crippen molar-refractivity contribution in [3.05, 3.63) is 71.8 Å². The van der Waals surface area contributed by atoms with Crippen LogP contribution in [0.5, 0.6) is 0 Å². The standard InChI is InChI=1S/C19H21NO3/c1-14(20-18(21)16-11-7-4-8-12-16)17(19(22)23-2)13-15-9-5-3-6-10-15/h3-12,14,17H,13H2,1-2H3,(H,20,21). The molecule has 0 radical (unpaired) electrons. The van der Waals surface area contributed by atoms with Gasteiger partial charge < -0.3 is 10.1 Å². The molecule has 0 aliphatic heterocycles. The first kappa shape index (κ1) is 16.7. The van der Waals surface area contributed by atoms with E-state index in [1.807, 2.05) is 43.3 Å². The van der Waals surface area contributed by atoms with Crippen LogP contribution < -0.4 is 5.32 Å². The van der Waals surface area contributed by atoms with Gasteiger partial charge in [-0.2, -0.15) is 0 Å². The third-order valence-corrected chi connectivity index (χ3v) is 3.80. The van der Waals surface area contributed by atoms with E-state index in [2.05, 4.69) is 5.32 Å². The van der Waals surface area contributed by atoms with Crippen molar-refractivity contribution in [3.8, 4) is 0 Å². The number of hydrogen-bond acceptors (Lipinski definition) is 3. The molecule has 1 N–H and O–H groups in total. The first-order chi connectivity index (χ1) is 11.1. The van der Waals surface area contributed by atoms with E-state index in [0.717, 1.165) is 5.56 Å². The van der Waals surface area contributed by atoms with E-state index < -0.39 is 5.92 Å². The highest BCUT2D eigenvalue weighted by Crippen LogP contribution is 2.15. The predicted octanol–water partition coefficient (Wildman–Crippen LogP) is 2.84. The summed E-state index contributed by atoms with van der Waals surface area (Å²) < 4.78 is 4.90. The number of nitrogens with one attached hydrogen (secondary N) is 1. The highest BCUT2D eigenvalue weighted by Gasteiger charge is 2.27. The zero-order valence-corrected chi connectivity index (χ0v) is 13.4. The summed E-state index contributed by atoms with van der Waals surface area (Å²) in [6.45, 7) is 1.82. The molecule has 0 heterocycles. The van der Waals surface area contributed by atoms with Crippen LogP contribution in [-0.2, 0) is 16.0 Å². The van der Waals surface area contributed by atoms with Crippen LogP contribution in [0.1, 0.15) is 22.8 Å². The van der Waals surface area contributed by atoms with Gasteiger partial charge in [0.1, 0.15) is 0 Å². The largest absolute Gasteiger partial charge is 0.469 e. The van der Waals surface area contributed by atoms with Gasteiger partial charge in [-0.15, -0.1) is 0 Å². The normalized spacial score (nSPS) is 13.0. The molecule has 2 aromatic carbocycles. The van der Waals surface area contributed by atoms with Gasteiger partial charge in [-0.05, 0) is 31.0 Å². The van der Waals surface area contributed by atoms with E-state index in [9.17, 15) is 9.59 Å². The number of hydrogen-bond donors (Lipinski definition) is 1. The van der Waals surface area contributed by atoms with Gasteiger partial charge in [0.25, 0.3) is 5.91 Å². The molecule has 2 rings (SSSR count). The number of carbonyl (C=O) groups is 2. The summed E-state index contributed by atoms with van der Waals surface area (Å²) in [5.74, 6) is -0.954. The van der Waals surface area contributed by atoms with Crippen molar-refractivity contribution in [2.24, 2.45) is 5.92 Å². The van der Waals surface area contributed by atoms with Crippen LogP contribution in [-0.4, -0.2) is 25.0 Å². The number of rotatable bonds is 6. The fraction of sp³-hybridized carbons (Fsp3) is 0.263. The second-order valence-corrected chi connectivity index (χ2v) is 5.45. The van der Waals surface area contributed by atoms with Gasteiger partial charge in [0.05, 0.1) is 13.0 Å². The van der Waals surface area contributed by atoms with Gasteiger partial charge in [0.2, 0.25) is 0 Å². The topological polar surface area (TPSA) is 55.4 Å². The Morgan fingerprint density at radius 1 is 1.00 bits per heavy atom. The molecule has 0 spiro atoms. The molecule has 0 aliphatic carbocycles. The minimum absolute atomic E-state index is 0.194. The smallest absolute Gasteiger partial charge is 0.311 e. The zero-order valence-electron chi connectivity index (χ0n) is 13.4. The van der Waals surface area contributed by atoms with Crippen LogP contribution in [0.25, 0.3) is 0 Å². The molecule has 120 valence electrons. The van der Waals surface area contributed by atoms with E-state index >= 15 is 0 Å². The number of amides is 1. The van der Waals surface area contributed by atoms with Crippen LogP contribution in [0.4, 0.5) is 0 Å². The van der Waals surface area contributed by atoms with E-state index in [1.54, 1.807) is 24.3 Å². The third-order valence-electron chi connectivity index (χ3n) is 3.80. The van der Waals surface area contributed by atoms with Gasteiger partial charge in [-0.3, -0.25) is 9.59 Å². The van der Waals surface area contributed by atoms with Crippen molar-refractivity contribution in [1.29, 1.82) is 0 Å². The van der Waals surface area contributed by atoms with Crippen LogP contribution in [0, 0.1) is 5.92 Å². The first-order valence-corrected chi connectivity index (χ1v) is 7.59. The van der Waals surface area contributed by atoms with Crippen molar-refractivity contribution >= 4 is 11.9 Å². The van der Waals surface area contributed by atoms with Crippen molar-refractivity contribution in [1.82, 2.24) is 5.32 Å². The van der Waals surface area contributed by atoms with Crippen LogP contribution >= 0.6 is 0 Å². The van der Waals surface area contributed by atoms with E-state index in [1.165, 1.54) is 7.11 Å². The number of carbonyl (C=O) groups excluding carboxylic acids is 2. The summed E-state index contributed by atoms with van der Waals surface area (Å²) in [5.41, 5.74) is 1.60. The van der Waals surface area contributed by atoms with Crippen molar-refractivity contribution in [2.45, 2.75) is 19.4 Å². The Morgan fingerprint density at radius 3 is 2.13 bits per heavy atom. The molecule has 2 atom stereocenters. The van der Waals surface area contributed by atoms with Gasteiger partial charge >= 0.3 is 5.97 Å². The average Bonchev–Trinajstić information content (AvgIpc) is 2.60. The highest BCUT2D eigenvalue weighted by molar-refractivity contribution is 5.94. The predicted molar refractivity (Wildman–Crippen MR) is 89.0 cm³/mol. The van der Waals surface area contributed by atoms with Gasteiger partial charge in [-0.25, -0.2) is 0 Å². The molecular weight excluding hydrogens is 290 g/mol. The Labute approximate surface area is 136 Å². The second kappa shape index (κ2) is 8.13. The molecule has 4 nitrogen and oxygen atoms in total. The molecule has 0 aliphatic rings.